The Hall–Kier alpha value is -6.49. The highest BCUT2D eigenvalue weighted by Crippen LogP contribution is 2.29. The van der Waals surface area contributed by atoms with E-state index in [1.54, 1.807) is 12.1 Å². The van der Waals surface area contributed by atoms with Crippen molar-refractivity contribution < 1.29 is 38.9 Å². The van der Waals surface area contributed by atoms with Gasteiger partial charge in [0.05, 0.1) is 35.9 Å². The summed E-state index contributed by atoms with van der Waals surface area (Å²) in [4.78, 5) is 47.9. The molecule has 8 N–H and O–H groups in total. The molecule has 0 atom stereocenters. The summed E-state index contributed by atoms with van der Waals surface area (Å²) in [5.41, 5.74) is 12.2. The number of hydrogen-bond acceptors (Lipinski definition) is 9. The summed E-state index contributed by atoms with van der Waals surface area (Å²) in [6.07, 6.45) is 2.58. The highest BCUT2D eigenvalue weighted by molar-refractivity contribution is 6.42. The quantitative estimate of drug-likeness (QED) is 0.0736. The van der Waals surface area contributed by atoms with Crippen molar-refractivity contribution in [3.63, 3.8) is 0 Å². The van der Waals surface area contributed by atoms with Gasteiger partial charge in [-0.25, -0.2) is 0 Å². The number of phenols is 2. The number of nitrogens with two attached hydrogens (primary N) is 2. The first kappa shape index (κ1) is 38.0. The van der Waals surface area contributed by atoms with Crippen molar-refractivity contribution in [2.24, 2.45) is 11.5 Å². The van der Waals surface area contributed by atoms with Crippen molar-refractivity contribution in [2.75, 3.05) is 24.9 Å². The summed E-state index contributed by atoms with van der Waals surface area (Å²) in [5, 5.41) is 33.6. The molecular formula is C35H29Cl2N5O8. The van der Waals surface area contributed by atoms with Gasteiger partial charge in [-0.1, -0.05) is 35.3 Å². The summed E-state index contributed by atoms with van der Waals surface area (Å²) in [6, 6.07) is 21.3. The van der Waals surface area contributed by atoms with Crippen LogP contribution in [0.5, 0.6) is 23.0 Å². The third-order valence-corrected chi connectivity index (χ3v) is 7.24. The predicted molar refractivity (Wildman–Crippen MR) is 189 cm³/mol. The summed E-state index contributed by atoms with van der Waals surface area (Å²) >= 11 is 11.7. The first-order chi connectivity index (χ1) is 23.8. The molecular weight excluding hydrogens is 689 g/mol. The number of phenolic OH excluding ortho intramolecular Hbond substituents is 2. The topological polar surface area (TPSA) is 227 Å². The SMILES string of the molecule is COc1cc(/C=C(\C(N)=O)C(=O)Nc2ccc(C#N)cc2)ccc1O.COc1cc(/C=C(\C(N)=O)C(=O)Nc2ccc(Cl)c(Cl)c2)ccc1O. The van der Waals surface area contributed by atoms with E-state index in [-0.39, 0.29) is 39.2 Å². The normalized spacial score (nSPS) is 10.9. The maximum absolute atomic E-state index is 12.3. The molecule has 50 heavy (non-hydrogen) atoms. The summed E-state index contributed by atoms with van der Waals surface area (Å²) in [7, 11) is 2.77. The van der Waals surface area contributed by atoms with Crippen LogP contribution < -0.4 is 31.6 Å². The first-order valence-electron chi connectivity index (χ1n) is 14.1. The molecule has 13 nitrogen and oxygen atoms in total. The van der Waals surface area contributed by atoms with Gasteiger partial charge in [0.1, 0.15) is 11.1 Å². The molecule has 0 radical (unpaired) electrons. The number of primary amides is 2. The first-order valence-corrected chi connectivity index (χ1v) is 14.9. The fourth-order valence-corrected chi connectivity index (χ4v) is 4.30. The van der Waals surface area contributed by atoms with Gasteiger partial charge in [-0.2, -0.15) is 5.26 Å². The molecule has 4 amide bonds. The lowest BCUT2D eigenvalue weighted by atomic mass is 10.1. The van der Waals surface area contributed by atoms with Crippen LogP contribution in [0.25, 0.3) is 12.2 Å². The fraction of sp³-hybridized carbons (Fsp3) is 0.0571. The second kappa shape index (κ2) is 17.6. The Bertz CT molecular complexity index is 2040. The lowest BCUT2D eigenvalue weighted by molar-refractivity contribution is -0.121. The minimum atomic E-state index is -0.912. The van der Waals surface area contributed by atoms with Gasteiger partial charge in [-0.05, 0) is 90.0 Å². The average molecular weight is 719 g/mol. The van der Waals surface area contributed by atoms with Gasteiger partial charge in [0, 0.05) is 11.4 Å². The summed E-state index contributed by atoms with van der Waals surface area (Å²) in [6.45, 7) is 0. The predicted octanol–water partition coefficient (Wildman–Crippen LogP) is 4.99. The Kier molecular flexibility index (Phi) is 13.4. The number of anilines is 2. The maximum Gasteiger partial charge on any atom is 0.261 e. The molecule has 15 heteroatoms. The molecule has 256 valence electrons. The van der Waals surface area contributed by atoms with Crippen LogP contribution in [0.1, 0.15) is 16.7 Å². The van der Waals surface area contributed by atoms with Gasteiger partial charge < -0.3 is 41.8 Å². The molecule has 0 aromatic heterocycles. The van der Waals surface area contributed by atoms with Gasteiger partial charge in [0.15, 0.2) is 23.0 Å². The number of aromatic hydroxyl groups is 2. The standard InChI is InChI=1S/C18H15N3O4.C17H14Cl2N2O4/c1-25-16-9-12(4-7-15(16)22)8-14(17(20)23)18(24)21-13-5-2-11(10-19)3-6-13;1-25-15-7-9(2-5-14(15)22)6-11(16(20)23)17(24)21-10-3-4-12(18)13(19)8-10/h2-9,22H,1H3,(H2,20,23)(H,21,24);2-8,22H,1H3,(H2,20,23)(H,21,24)/b14-8+;11-6+. The molecule has 0 aliphatic heterocycles. The summed E-state index contributed by atoms with van der Waals surface area (Å²) < 4.78 is 9.97. The number of nitrogens with zero attached hydrogens (tertiary/aromatic N) is 1. The number of halogens is 2. The lowest BCUT2D eigenvalue weighted by Crippen LogP contribution is -2.25. The zero-order valence-electron chi connectivity index (χ0n) is 26.4. The monoisotopic (exact) mass is 717 g/mol. The van der Waals surface area contributed by atoms with Crippen LogP contribution in [0.2, 0.25) is 10.0 Å². The van der Waals surface area contributed by atoms with Crippen LogP contribution in [-0.2, 0) is 19.2 Å². The van der Waals surface area contributed by atoms with Gasteiger partial charge >= 0.3 is 0 Å². The zero-order chi connectivity index (χ0) is 37.0. The molecule has 4 aromatic carbocycles. The Labute approximate surface area is 295 Å². The molecule has 0 bridgehead atoms. The number of methoxy groups -OCH3 is 2. The van der Waals surface area contributed by atoms with E-state index >= 15 is 0 Å². The Morgan fingerprint density at radius 2 is 1.12 bits per heavy atom. The Morgan fingerprint density at radius 3 is 1.52 bits per heavy atom. The molecule has 0 saturated carbocycles. The number of nitrogens with one attached hydrogen (secondary N) is 2. The van der Waals surface area contributed by atoms with Gasteiger partial charge in [0.2, 0.25) is 0 Å². The Morgan fingerprint density at radius 1 is 0.680 bits per heavy atom. The molecule has 0 unspecified atom stereocenters. The van der Waals surface area contributed by atoms with E-state index < -0.39 is 23.6 Å². The average Bonchev–Trinajstić information content (AvgIpc) is 3.09. The number of amides is 4. The molecule has 0 spiro atoms. The van der Waals surface area contributed by atoms with Gasteiger partial charge in [-0.3, -0.25) is 19.2 Å². The third-order valence-electron chi connectivity index (χ3n) is 6.50. The van der Waals surface area contributed by atoms with Crippen LogP contribution >= 0.6 is 23.2 Å². The number of ether oxygens (including phenoxy) is 2. The number of rotatable bonds is 10. The number of carbonyl (C=O) groups excluding carboxylic acids is 4. The number of nitriles is 1. The van der Waals surface area contributed by atoms with E-state index in [1.807, 2.05) is 6.07 Å². The smallest absolute Gasteiger partial charge is 0.261 e. The second-order valence-electron chi connectivity index (χ2n) is 9.93. The van der Waals surface area contributed by atoms with Crippen LogP contribution in [0.15, 0.2) is 90.0 Å². The van der Waals surface area contributed by atoms with Crippen molar-refractivity contribution in [1.29, 1.82) is 5.26 Å². The van der Waals surface area contributed by atoms with Crippen molar-refractivity contribution in [3.05, 3.63) is 117 Å². The van der Waals surface area contributed by atoms with E-state index in [0.29, 0.717) is 33.1 Å². The van der Waals surface area contributed by atoms with E-state index in [9.17, 15) is 29.4 Å². The number of benzene rings is 4. The number of hydrogen-bond donors (Lipinski definition) is 6. The maximum atomic E-state index is 12.3. The van der Waals surface area contributed by atoms with Gasteiger partial charge in [-0.15, -0.1) is 0 Å². The van der Waals surface area contributed by atoms with Crippen LogP contribution in [0, 0.1) is 11.3 Å². The van der Waals surface area contributed by atoms with Crippen molar-refractivity contribution in [3.8, 4) is 29.1 Å². The van der Waals surface area contributed by atoms with Crippen LogP contribution in [0.3, 0.4) is 0 Å². The highest BCUT2D eigenvalue weighted by Gasteiger charge is 2.18. The molecule has 0 aliphatic rings. The number of carbonyl (C=O) groups is 4. The minimum absolute atomic E-state index is 0.0673. The molecule has 4 rings (SSSR count). The molecule has 0 fully saturated rings. The fourth-order valence-electron chi connectivity index (χ4n) is 4.00. The highest BCUT2D eigenvalue weighted by atomic mass is 35.5. The van der Waals surface area contributed by atoms with E-state index in [2.05, 4.69) is 10.6 Å². The van der Waals surface area contributed by atoms with Crippen molar-refractivity contribution >= 4 is 70.4 Å². The Balaban J connectivity index is 0.000000270. The minimum Gasteiger partial charge on any atom is -0.504 e. The van der Waals surface area contributed by atoms with E-state index in [0.717, 1.165) is 0 Å². The van der Waals surface area contributed by atoms with Crippen LogP contribution in [0.4, 0.5) is 11.4 Å². The largest absolute Gasteiger partial charge is 0.504 e. The third kappa shape index (κ3) is 10.5. The molecule has 0 aliphatic carbocycles. The van der Waals surface area contributed by atoms with Crippen molar-refractivity contribution in [1.82, 2.24) is 0 Å². The molecule has 4 aromatic rings. The molecule has 0 heterocycles. The summed E-state index contributed by atoms with van der Waals surface area (Å²) in [5.74, 6) is -2.96. The van der Waals surface area contributed by atoms with Crippen molar-refractivity contribution in [2.45, 2.75) is 0 Å². The second-order valence-corrected chi connectivity index (χ2v) is 10.7. The van der Waals surface area contributed by atoms with Gasteiger partial charge in [0.25, 0.3) is 23.6 Å². The van der Waals surface area contributed by atoms with Crippen LogP contribution in [-0.4, -0.2) is 48.1 Å². The lowest BCUT2D eigenvalue weighted by Gasteiger charge is -2.08. The zero-order valence-corrected chi connectivity index (χ0v) is 27.9. The van der Waals surface area contributed by atoms with E-state index in [4.69, 9.17) is 49.4 Å². The van der Waals surface area contributed by atoms with E-state index in [1.165, 1.54) is 93.1 Å². The molecule has 0 saturated heterocycles.